The zero-order chi connectivity index (χ0) is 17.2. The van der Waals surface area contributed by atoms with Crippen molar-refractivity contribution >= 4 is 5.69 Å². The van der Waals surface area contributed by atoms with Crippen LogP contribution < -0.4 is 5.32 Å². The highest BCUT2D eigenvalue weighted by atomic mass is 19.4. The minimum Gasteiger partial charge on any atom is -0.382 e. The molecule has 2 fully saturated rings. The van der Waals surface area contributed by atoms with Gasteiger partial charge in [-0.1, -0.05) is 0 Å². The van der Waals surface area contributed by atoms with Gasteiger partial charge in [0, 0.05) is 25.1 Å². The predicted octanol–water partition coefficient (Wildman–Crippen LogP) is 2.91. The maximum absolute atomic E-state index is 13.0. The summed E-state index contributed by atoms with van der Waals surface area (Å²) in [4.78, 5) is 0. The number of ether oxygens (including phenoxy) is 3. The monoisotopic (exact) mass is 342 g/mol. The van der Waals surface area contributed by atoms with Crippen molar-refractivity contribution in [3.8, 4) is 6.07 Å². The van der Waals surface area contributed by atoms with Gasteiger partial charge in [0.2, 0.25) is 0 Å². The number of benzene rings is 1. The molecule has 1 aromatic carbocycles. The molecule has 2 aliphatic rings. The number of nitriles is 1. The summed E-state index contributed by atoms with van der Waals surface area (Å²) in [6.07, 6.45) is -3.51. The molecular weight excluding hydrogens is 325 g/mol. The van der Waals surface area contributed by atoms with Crippen molar-refractivity contribution in [3.63, 3.8) is 0 Å². The molecule has 0 bridgehead atoms. The van der Waals surface area contributed by atoms with Gasteiger partial charge in [-0.3, -0.25) is 0 Å². The standard InChI is InChI=1S/C16H17F3N2O3/c17-16(18,19)14-7-12(2-1-11(14)8-20)21-9-13-10-23-15(24-13)3-5-22-6-4-15/h1-2,7,13,21H,3-6,9-10H2. The van der Waals surface area contributed by atoms with Gasteiger partial charge in [0.25, 0.3) is 0 Å². The van der Waals surface area contributed by atoms with Gasteiger partial charge in [-0.25, -0.2) is 0 Å². The van der Waals surface area contributed by atoms with E-state index in [2.05, 4.69) is 5.32 Å². The zero-order valence-electron chi connectivity index (χ0n) is 12.9. The van der Waals surface area contributed by atoms with Gasteiger partial charge in [0.05, 0.1) is 37.0 Å². The van der Waals surface area contributed by atoms with Gasteiger partial charge >= 0.3 is 6.18 Å². The highest BCUT2D eigenvalue weighted by Crippen LogP contribution is 2.35. The SMILES string of the molecule is N#Cc1ccc(NCC2COC3(CCOCC3)O2)cc1C(F)(F)F. The summed E-state index contributed by atoms with van der Waals surface area (Å²) in [6.45, 7) is 1.86. The molecule has 2 heterocycles. The van der Waals surface area contributed by atoms with Crippen molar-refractivity contribution in [3.05, 3.63) is 29.3 Å². The van der Waals surface area contributed by atoms with Gasteiger partial charge in [-0.05, 0) is 18.2 Å². The number of anilines is 1. The number of alkyl halides is 3. The van der Waals surface area contributed by atoms with Crippen LogP contribution in [0.1, 0.15) is 24.0 Å². The molecule has 0 radical (unpaired) electrons. The lowest BCUT2D eigenvalue weighted by atomic mass is 10.1. The Balaban J connectivity index is 1.62. The predicted molar refractivity (Wildman–Crippen MR) is 78.3 cm³/mol. The second-order valence-corrected chi connectivity index (χ2v) is 5.82. The molecule has 1 N–H and O–H groups in total. The second kappa shape index (κ2) is 6.59. The smallest absolute Gasteiger partial charge is 0.382 e. The summed E-state index contributed by atoms with van der Waals surface area (Å²) in [6, 6.07) is 5.12. The van der Waals surface area contributed by atoms with E-state index in [1.807, 2.05) is 0 Å². The Morgan fingerprint density at radius 1 is 1.29 bits per heavy atom. The number of nitrogens with one attached hydrogen (secondary N) is 1. The zero-order valence-corrected chi connectivity index (χ0v) is 12.9. The van der Waals surface area contributed by atoms with Crippen molar-refractivity contribution in [2.75, 3.05) is 31.7 Å². The van der Waals surface area contributed by atoms with Gasteiger partial charge in [0.1, 0.15) is 6.10 Å². The summed E-state index contributed by atoms with van der Waals surface area (Å²) < 4.78 is 55.8. The van der Waals surface area contributed by atoms with E-state index >= 15 is 0 Å². The molecule has 8 heteroatoms. The van der Waals surface area contributed by atoms with Crippen LogP contribution in [0.4, 0.5) is 18.9 Å². The fourth-order valence-electron chi connectivity index (χ4n) is 2.88. The summed E-state index contributed by atoms with van der Waals surface area (Å²) in [5, 5.41) is 11.7. The molecule has 0 saturated carbocycles. The normalized spacial score (nSPS) is 23.2. The van der Waals surface area contributed by atoms with Crippen molar-refractivity contribution in [2.24, 2.45) is 0 Å². The van der Waals surface area contributed by atoms with Crippen LogP contribution in [-0.4, -0.2) is 38.3 Å². The van der Waals surface area contributed by atoms with Crippen LogP contribution in [0.5, 0.6) is 0 Å². The Labute approximate surface area is 137 Å². The molecule has 2 aliphatic heterocycles. The van der Waals surface area contributed by atoms with Crippen LogP contribution in [-0.2, 0) is 20.4 Å². The van der Waals surface area contributed by atoms with Crippen LogP contribution in [0, 0.1) is 11.3 Å². The van der Waals surface area contributed by atoms with E-state index in [9.17, 15) is 13.2 Å². The second-order valence-electron chi connectivity index (χ2n) is 5.82. The Kier molecular flexibility index (Phi) is 4.67. The average molecular weight is 342 g/mol. The van der Waals surface area contributed by atoms with Gasteiger partial charge < -0.3 is 19.5 Å². The summed E-state index contributed by atoms with van der Waals surface area (Å²) in [5.41, 5.74) is -1.05. The Morgan fingerprint density at radius 2 is 2.04 bits per heavy atom. The van der Waals surface area contributed by atoms with Gasteiger partial charge in [-0.15, -0.1) is 0 Å². The van der Waals surface area contributed by atoms with Crippen molar-refractivity contribution < 1.29 is 27.4 Å². The summed E-state index contributed by atoms with van der Waals surface area (Å²) >= 11 is 0. The van der Waals surface area contributed by atoms with Crippen LogP contribution in [0.25, 0.3) is 0 Å². The molecule has 1 spiro atoms. The Morgan fingerprint density at radius 3 is 2.71 bits per heavy atom. The maximum atomic E-state index is 13.0. The lowest BCUT2D eigenvalue weighted by Crippen LogP contribution is -2.38. The largest absolute Gasteiger partial charge is 0.417 e. The maximum Gasteiger partial charge on any atom is 0.417 e. The number of hydrogen-bond donors (Lipinski definition) is 1. The van der Waals surface area contributed by atoms with E-state index in [0.717, 1.165) is 12.1 Å². The lowest BCUT2D eigenvalue weighted by molar-refractivity contribution is -0.209. The van der Waals surface area contributed by atoms with Gasteiger partial charge in [0.15, 0.2) is 5.79 Å². The molecule has 5 nitrogen and oxygen atoms in total. The molecule has 1 atom stereocenters. The minimum absolute atomic E-state index is 0.243. The highest BCUT2D eigenvalue weighted by molar-refractivity contribution is 5.53. The molecule has 0 aromatic heterocycles. The molecule has 0 amide bonds. The van der Waals surface area contributed by atoms with Crippen LogP contribution in [0.2, 0.25) is 0 Å². The highest BCUT2D eigenvalue weighted by Gasteiger charge is 2.42. The molecule has 130 valence electrons. The van der Waals surface area contributed by atoms with Crippen LogP contribution in [0.15, 0.2) is 18.2 Å². The number of nitrogens with zero attached hydrogens (tertiary/aromatic N) is 1. The van der Waals surface area contributed by atoms with Crippen molar-refractivity contribution in [2.45, 2.75) is 30.9 Å². The summed E-state index contributed by atoms with van der Waals surface area (Å²) in [5.74, 6) is -0.619. The molecular formula is C16H17F3N2O3. The summed E-state index contributed by atoms with van der Waals surface area (Å²) in [7, 11) is 0. The van der Waals surface area contributed by atoms with E-state index in [1.165, 1.54) is 6.07 Å². The minimum atomic E-state index is -4.57. The molecule has 24 heavy (non-hydrogen) atoms. The molecule has 0 aliphatic carbocycles. The van der Waals surface area contributed by atoms with E-state index in [-0.39, 0.29) is 11.8 Å². The first-order chi connectivity index (χ1) is 11.4. The van der Waals surface area contributed by atoms with Crippen molar-refractivity contribution in [1.29, 1.82) is 5.26 Å². The lowest BCUT2D eigenvalue weighted by Gasteiger charge is -2.31. The fourth-order valence-corrected chi connectivity index (χ4v) is 2.88. The van der Waals surface area contributed by atoms with E-state index < -0.39 is 23.1 Å². The third kappa shape index (κ3) is 3.64. The number of halogens is 3. The third-order valence-electron chi connectivity index (χ3n) is 4.15. The quantitative estimate of drug-likeness (QED) is 0.915. The molecule has 1 aromatic rings. The van der Waals surface area contributed by atoms with E-state index in [4.69, 9.17) is 19.5 Å². The van der Waals surface area contributed by atoms with E-state index in [1.54, 1.807) is 6.07 Å². The number of hydrogen-bond acceptors (Lipinski definition) is 5. The first-order valence-corrected chi connectivity index (χ1v) is 7.67. The third-order valence-corrected chi connectivity index (χ3v) is 4.15. The van der Waals surface area contributed by atoms with Crippen molar-refractivity contribution in [1.82, 2.24) is 0 Å². The molecule has 2 saturated heterocycles. The Hall–Kier alpha value is -1.82. The fraction of sp³-hybridized carbons (Fsp3) is 0.562. The average Bonchev–Trinajstić information content (AvgIpc) is 2.95. The Bertz CT molecular complexity index is 636. The van der Waals surface area contributed by atoms with Crippen LogP contribution in [0.3, 0.4) is 0 Å². The van der Waals surface area contributed by atoms with Gasteiger partial charge in [-0.2, -0.15) is 18.4 Å². The first-order valence-electron chi connectivity index (χ1n) is 7.67. The van der Waals surface area contributed by atoms with E-state index in [0.29, 0.717) is 39.2 Å². The topological polar surface area (TPSA) is 63.5 Å². The first kappa shape index (κ1) is 17.0. The molecule has 3 rings (SSSR count). The molecule has 1 unspecified atom stereocenters. The number of rotatable bonds is 3. The van der Waals surface area contributed by atoms with Crippen LogP contribution >= 0.6 is 0 Å².